The van der Waals surface area contributed by atoms with Gasteiger partial charge in [0.2, 0.25) is 4.90 Å². The molecule has 0 spiro atoms. The van der Waals surface area contributed by atoms with E-state index in [1.54, 1.807) is 12.1 Å². The van der Waals surface area contributed by atoms with Crippen molar-refractivity contribution in [1.29, 1.82) is 0 Å². The van der Waals surface area contributed by atoms with Crippen molar-refractivity contribution in [2.45, 2.75) is 27.1 Å². The Kier molecular flexibility index (Phi) is 5.71. The molecule has 0 N–H and O–H groups in total. The fraction of sp³-hybridized carbons (Fsp3) is 0.100. The molecule has 3 aromatic rings. The van der Waals surface area contributed by atoms with E-state index < -0.39 is 26.5 Å². The molecule has 146 valence electrons. The van der Waals surface area contributed by atoms with E-state index in [0.717, 1.165) is 15.4 Å². The molecule has 0 aliphatic rings. The van der Waals surface area contributed by atoms with Crippen LogP contribution in [0.4, 0.5) is 13.2 Å². The van der Waals surface area contributed by atoms with Gasteiger partial charge in [-0.25, -0.2) is 0 Å². The van der Waals surface area contributed by atoms with E-state index in [9.17, 15) is 21.6 Å². The summed E-state index contributed by atoms with van der Waals surface area (Å²) in [5, 5.41) is 0. The lowest BCUT2D eigenvalue weighted by atomic mass is 10.2. The molecule has 0 amide bonds. The maximum absolute atomic E-state index is 12.8. The molecule has 0 radical (unpaired) electrons. The van der Waals surface area contributed by atoms with Gasteiger partial charge < -0.3 is 4.18 Å². The van der Waals surface area contributed by atoms with Crippen LogP contribution in [0.2, 0.25) is 0 Å². The van der Waals surface area contributed by atoms with Crippen LogP contribution < -0.4 is 4.18 Å². The molecule has 0 saturated heterocycles. The monoisotopic (exact) mass is 425 g/mol. The van der Waals surface area contributed by atoms with Crippen LogP contribution in [-0.4, -0.2) is 13.9 Å². The summed E-state index contributed by atoms with van der Waals surface area (Å²) in [7, 11) is -6.63. The van der Waals surface area contributed by atoms with Crippen LogP contribution in [0.5, 0.6) is 5.75 Å². The Balaban J connectivity index is 2.16. The number of benzene rings is 3. The second-order valence-corrected chi connectivity index (χ2v) is 9.40. The Labute approximate surface area is 164 Å². The van der Waals surface area contributed by atoms with Crippen molar-refractivity contribution in [3.63, 3.8) is 0 Å². The first-order chi connectivity index (χ1) is 13.2. The number of hydrogen-bond acceptors (Lipinski definition) is 3. The largest absolute Gasteiger partial charge is 0.534 e. The van der Waals surface area contributed by atoms with E-state index in [0.29, 0.717) is 4.90 Å². The average molecular weight is 425 g/mol. The summed E-state index contributed by atoms with van der Waals surface area (Å²) >= 11 is 0. The van der Waals surface area contributed by atoms with Gasteiger partial charge in [-0.2, -0.15) is 21.6 Å². The Morgan fingerprint density at radius 3 is 1.93 bits per heavy atom. The van der Waals surface area contributed by atoms with Crippen molar-refractivity contribution >= 4 is 21.0 Å². The summed E-state index contributed by atoms with van der Waals surface area (Å²) < 4.78 is 66.1. The van der Waals surface area contributed by atoms with Crippen LogP contribution in [-0.2, 0) is 21.0 Å². The molecule has 0 heterocycles. The highest BCUT2D eigenvalue weighted by atomic mass is 32.2. The van der Waals surface area contributed by atoms with Gasteiger partial charge in [-0.15, -0.1) is 0 Å². The Bertz CT molecular complexity index is 1050. The van der Waals surface area contributed by atoms with Crippen molar-refractivity contribution in [2.75, 3.05) is 0 Å². The zero-order valence-corrected chi connectivity index (χ0v) is 16.3. The SMILES string of the molecule is Cc1ccc([S+](c2ccccc2)c2ccccc2OS(=O)(=O)C(F)(F)F)cc1. The average Bonchev–Trinajstić information content (AvgIpc) is 2.65. The number of halogens is 3. The fourth-order valence-electron chi connectivity index (χ4n) is 2.47. The summed E-state index contributed by atoms with van der Waals surface area (Å²) in [6, 6.07) is 22.6. The first-order valence-electron chi connectivity index (χ1n) is 8.15. The summed E-state index contributed by atoms with van der Waals surface area (Å²) in [4.78, 5) is 2.01. The van der Waals surface area contributed by atoms with Crippen LogP contribution in [0.3, 0.4) is 0 Å². The van der Waals surface area contributed by atoms with Gasteiger partial charge in [-0.3, -0.25) is 0 Å². The molecule has 28 heavy (non-hydrogen) atoms. The second kappa shape index (κ2) is 7.89. The van der Waals surface area contributed by atoms with Crippen LogP contribution >= 0.6 is 0 Å². The van der Waals surface area contributed by atoms with Crippen LogP contribution in [0, 0.1) is 6.92 Å². The van der Waals surface area contributed by atoms with Crippen molar-refractivity contribution in [3.8, 4) is 5.75 Å². The van der Waals surface area contributed by atoms with Gasteiger partial charge in [0.15, 0.2) is 15.5 Å². The Morgan fingerprint density at radius 2 is 1.32 bits per heavy atom. The quantitative estimate of drug-likeness (QED) is 0.316. The van der Waals surface area contributed by atoms with E-state index >= 15 is 0 Å². The number of alkyl halides is 3. The van der Waals surface area contributed by atoms with Crippen molar-refractivity contribution in [3.05, 3.63) is 84.4 Å². The van der Waals surface area contributed by atoms with E-state index in [4.69, 9.17) is 0 Å². The minimum atomic E-state index is -5.77. The molecule has 1 atom stereocenters. The first kappa shape index (κ1) is 20.3. The Morgan fingerprint density at radius 1 is 0.786 bits per heavy atom. The standard InChI is InChI=1S/C20H16F3O3S2/c1-15-11-13-17(14-12-15)27(16-7-3-2-4-8-16)19-10-6-5-9-18(19)26-28(24,25)20(21,22)23/h2-14H,1H3/q+1. The zero-order chi connectivity index (χ0) is 20.4. The molecule has 0 aliphatic carbocycles. The third-order valence-corrected chi connectivity index (χ3v) is 7.02. The molecule has 3 nitrogen and oxygen atoms in total. The van der Waals surface area contributed by atoms with Crippen LogP contribution in [0.1, 0.15) is 5.56 Å². The smallest absolute Gasteiger partial charge is 0.371 e. The number of aryl methyl sites for hydroxylation is 1. The molecule has 0 bridgehead atoms. The molecule has 0 aromatic heterocycles. The van der Waals surface area contributed by atoms with Crippen molar-refractivity contribution in [1.82, 2.24) is 0 Å². The van der Waals surface area contributed by atoms with Crippen molar-refractivity contribution < 1.29 is 25.8 Å². The maximum atomic E-state index is 12.8. The number of para-hydroxylation sites is 1. The van der Waals surface area contributed by atoms with E-state index in [1.807, 2.05) is 61.5 Å². The van der Waals surface area contributed by atoms with Gasteiger partial charge in [-0.1, -0.05) is 48.0 Å². The molecule has 0 fully saturated rings. The molecule has 3 rings (SSSR count). The van der Waals surface area contributed by atoms with Gasteiger partial charge in [0.1, 0.15) is 10.9 Å². The van der Waals surface area contributed by atoms with E-state index in [1.165, 1.54) is 12.1 Å². The minimum absolute atomic E-state index is 0.340. The highest BCUT2D eigenvalue weighted by Crippen LogP contribution is 2.38. The molecular weight excluding hydrogens is 409 g/mol. The minimum Gasteiger partial charge on any atom is -0.371 e. The summed E-state index contributed by atoms with van der Waals surface area (Å²) in [5.74, 6) is -0.340. The lowest BCUT2D eigenvalue weighted by molar-refractivity contribution is -0.0500. The van der Waals surface area contributed by atoms with Gasteiger partial charge in [-0.05, 0) is 43.3 Å². The van der Waals surface area contributed by atoms with Crippen molar-refractivity contribution in [2.24, 2.45) is 0 Å². The van der Waals surface area contributed by atoms with Gasteiger partial charge in [0.25, 0.3) is 0 Å². The van der Waals surface area contributed by atoms with E-state index in [2.05, 4.69) is 4.18 Å². The van der Waals surface area contributed by atoms with Gasteiger partial charge in [0, 0.05) is 0 Å². The molecular formula is C20H16F3O3S2+. The molecule has 8 heteroatoms. The lowest BCUT2D eigenvalue weighted by Gasteiger charge is -2.14. The molecule has 3 aromatic carbocycles. The third-order valence-electron chi connectivity index (χ3n) is 3.79. The number of rotatable bonds is 5. The summed E-state index contributed by atoms with van der Waals surface area (Å²) in [5.41, 5.74) is -4.47. The fourth-order valence-corrected chi connectivity index (χ4v) is 5.15. The third kappa shape index (κ3) is 4.34. The molecule has 0 aliphatic heterocycles. The summed E-state index contributed by atoms with van der Waals surface area (Å²) in [6.07, 6.45) is 0. The highest BCUT2D eigenvalue weighted by Gasteiger charge is 2.49. The lowest BCUT2D eigenvalue weighted by Crippen LogP contribution is -2.28. The van der Waals surface area contributed by atoms with Crippen LogP contribution in [0.25, 0.3) is 0 Å². The maximum Gasteiger partial charge on any atom is 0.534 e. The number of hydrogen-bond donors (Lipinski definition) is 0. The second-order valence-electron chi connectivity index (χ2n) is 5.86. The summed E-state index contributed by atoms with van der Waals surface area (Å²) in [6.45, 7) is 1.93. The molecule has 0 saturated carbocycles. The molecule has 1 unspecified atom stereocenters. The predicted octanol–water partition coefficient (Wildman–Crippen LogP) is 5.32. The zero-order valence-electron chi connectivity index (χ0n) is 14.7. The van der Waals surface area contributed by atoms with Crippen LogP contribution in [0.15, 0.2) is 93.5 Å². The van der Waals surface area contributed by atoms with E-state index in [-0.39, 0.29) is 5.75 Å². The predicted molar refractivity (Wildman–Crippen MR) is 102 cm³/mol. The highest BCUT2D eigenvalue weighted by molar-refractivity contribution is 7.97. The van der Waals surface area contributed by atoms with Gasteiger partial charge >= 0.3 is 15.6 Å². The Hall–Kier alpha value is -2.45. The topological polar surface area (TPSA) is 43.4 Å². The normalized spacial score (nSPS) is 13.1. The van der Waals surface area contributed by atoms with Gasteiger partial charge in [0.05, 0.1) is 0 Å². The first-order valence-corrected chi connectivity index (χ1v) is 10.8.